The first-order valence-electron chi connectivity index (χ1n) is 7.23. The molecule has 2 aromatic rings. The topological polar surface area (TPSA) is 46.6 Å². The van der Waals surface area contributed by atoms with Crippen molar-refractivity contribution in [2.45, 2.75) is 6.92 Å². The summed E-state index contributed by atoms with van der Waals surface area (Å²) in [5.41, 5.74) is 0. The summed E-state index contributed by atoms with van der Waals surface area (Å²) >= 11 is 0. The standard InChI is InChI=1S/C16H21N3O2/c1-11(8-17-2)9-19(3)16-13-7-15-14(20-10-21-15)6-12(13)4-5-18-16/h4-7,11,17H,8-10H2,1-3H3. The van der Waals surface area contributed by atoms with Gasteiger partial charge in [0.15, 0.2) is 11.5 Å². The molecule has 5 heteroatoms. The fraction of sp³-hybridized carbons (Fsp3) is 0.438. The van der Waals surface area contributed by atoms with Crippen LogP contribution in [0.25, 0.3) is 10.8 Å². The minimum absolute atomic E-state index is 0.295. The molecule has 5 nitrogen and oxygen atoms in total. The molecule has 1 N–H and O–H groups in total. The number of rotatable bonds is 5. The zero-order valence-electron chi connectivity index (χ0n) is 12.7. The Labute approximate surface area is 124 Å². The molecule has 0 bridgehead atoms. The van der Waals surface area contributed by atoms with Crippen molar-refractivity contribution in [3.63, 3.8) is 0 Å². The molecule has 0 saturated carbocycles. The molecule has 0 amide bonds. The lowest BCUT2D eigenvalue weighted by Gasteiger charge is -2.23. The Morgan fingerprint density at radius 3 is 2.86 bits per heavy atom. The lowest BCUT2D eigenvalue weighted by atomic mass is 10.1. The maximum Gasteiger partial charge on any atom is 0.231 e. The van der Waals surface area contributed by atoms with Crippen LogP contribution < -0.4 is 19.7 Å². The van der Waals surface area contributed by atoms with Gasteiger partial charge in [0, 0.05) is 25.2 Å². The normalized spacial score (nSPS) is 14.4. The highest BCUT2D eigenvalue weighted by molar-refractivity contribution is 5.94. The van der Waals surface area contributed by atoms with Gasteiger partial charge in [-0.25, -0.2) is 4.98 Å². The van der Waals surface area contributed by atoms with Crippen molar-refractivity contribution in [2.75, 3.05) is 38.9 Å². The van der Waals surface area contributed by atoms with Crippen molar-refractivity contribution in [1.29, 1.82) is 0 Å². The number of benzene rings is 1. The average Bonchev–Trinajstić information content (AvgIpc) is 2.91. The van der Waals surface area contributed by atoms with Crippen LogP contribution in [0, 0.1) is 5.92 Å². The van der Waals surface area contributed by atoms with Gasteiger partial charge >= 0.3 is 0 Å². The van der Waals surface area contributed by atoms with E-state index in [0.29, 0.717) is 12.7 Å². The number of hydrogen-bond acceptors (Lipinski definition) is 5. The van der Waals surface area contributed by atoms with E-state index in [1.54, 1.807) is 0 Å². The Balaban J connectivity index is 1.94. The summed E-state index contributed by atoms with van der Waals surface area (Å²) in [6.07, 6.45) is 1.85. The molecule has 1 aromatic heterocycles. The van der Waals surface area contributed by atoms with Crippen LogP contribution in [0.5, 0.6) is 11.5 Å². The predicted octanol–water partition coefficient (Wildman–Crippen LogP) is 2.26. The number of hydrogen-bond donors (Lipinski definition) is 1. The molecule has 0 fully saturated rings. The number of pyridine rings is 1. The molecule has 1 aliphatic rings. The second kappa shape index (κ2) is 5.77. The summed E-state index contributed by atoms with van der Waals surface area (Å²) in [4.78, 5) is 6.76. The van der Waals surface area contributed by atoms with E-state index in [1.165, 1.54) is 0 Å². The van der Waals surface area contributed by atoms with Gasteiger partial charge in [0.25, 0.3) is 0 Å². The SMILES string of the molecule is CNCC(C)CN(C)c1nccc2cc3c(cc12)OCO3. The molecule has 21 heavy (non-hydrogen) atoms. The quantitative estimate of drug-likeness (QED) is 0.914. The van der Waals surface area contributed by atoms with E-state index in [-0.39, 0.29) is 0 Å². The number of nitrogens with zero attached hydrogens (tertiary/aromatic N) is 2. The second-order valence-corrected chi connectivity index (χ2v) is 5.60. The highest BCUT2D eigenvalue weighted by Crippen LogP contribution is 2.38. The summed E-state index contributed by atoms with van der Waals surface area (Å²) in [6.45, 7) is 4.46. The molecular formula is C16H21N3O2. The van der Waals surface area contributed by atoms with Crippen molar-refractivity contribution in [2.24, 2.45) is 5.92 Å². The van der Waals surface area contributed by atoms with Gasteiger partial charge in [0.2, 0.25) is 6.79 Å². The highest BCUT2D eigenvalue weighted by Gasteiger charge is 2.17. The fourth-order valence-corrected chi connectivity index (χ4v) is 2.82. The van der Waals surface area contributed by atoms with E-state index >= 15 is 0 Å². The van der Waals surface area contributed by atoms with Crippen LogP contribution in [0.4, 0.5) is 5.82 Å². The van der Waals surface area contributed by atoms with Gasteiger partial charge in [-0.05, 0) is 43.1 Å². The molecule has 2 heterocycles. The van der Waals surface area contributed by atoms with Crippen molar-refractivity contribution in [1.82, 2.24) is 10.3 Å². The minimum atomic E-state index is 0.295. The molecule has 1 unspecified atom stereocenters. The van der Waals surface area contributed by atoms with E-state index in [4.69, 9.17) is 9.47 Å². The van der Waals surface area contributed by atoms with E-state index in [2.05, 4.69) is 29.2 Å². The predicted molar refractivity (Wildman–Crippen MR) is 84.2 cm³/mol. The highest BCUT2D eigenvalue weighted by atomic mass is 16.7. The van der Waals surface area contributed by atoms with Gasteiger partial charge < -0.3 is 19.7 Å². The van der Waals surface area contributed by atoms with Crippen LogP contribution in [0.2, 0.25) is 0 Å². The van der Waals surface area contributed by atoms with Gasteiger partial charge in [0.05, 0.1) is 0 Å². The molecule has 0 spiro atoms. The van der Waals surface area contributed by atoms with E-state index in [9.17, 15) is 0 Å². The van der Waals surface area contributed by atoms with Crippen LogP contribution in [0.3, 0.4) is 0 Å². The first-order chi connectivity index (χ1) is 10.2. The lowest BCUT2D eigenvalue weighted by Crippen LogP contribution is -2.30. The third kappa shape index (κ3) is 2.74. The maximum atomic E-state index is 5.48. The number of nitrogens with one attached hydrogen (secondary N) is 1. The van der Waals surface area contributed by atoms with Crippen molar-refractivity contribution >= 4 is 16.6 Å². The minimum Gasteiger partial charge on any atom is -0.454 e. The smallest absolute Gasteiger partial charge is 0.231 e. The maximum absolute atomic E-state index is 5.48. The molecular weight excluding hydrogens is 266 g/mol. The molecule has 0 radical (unpaired) electrons. The van der Waals surface area contributed by atoms with Crippen LogP contribution >= 0.6 is 0 Å². The summed E-state index contributed by atoms with van der Waals surface area (Å²) in [5.74, 6) is 3.14. The average molecular weight is 287 g/mol. The second-order valence-electron chi connectivity index (χ2n) is 5.60. The fourth-order valence-electron chi connectivity index (χ4n) is 2.82. The van der Waals surface area contributed by atoms with E-state index in [1.807, 2.05) is 31.4 Å². The number of ether oxygens (including phenoxy) is 2. The Kier molecular flexibility index (Phi) is 3.84. The first-order valence-corrected chi connectivity index (χ1v) is 7.23. The van der Waals surface area contributed by atoms with Gasteiger partial charge in [-0.3, -0.25) is 0 Å². The summed E-state index contributed by atoms with van der Waals surface area (Å²) < 4.78 is 10.9. The Hall–Kier alpha value is -2.01. The third-order valence-corrected chi connectivity index (χ3v) is 3.74. The monoisotopic (exact) mass is 287 g/mol. The van der Waals surface area contributed by atoms with Crippen LogP contribution in [0.1, 0.15) is 6.92 Å². The molecule has 0 aliphatic carbocycles. The van der Waals surface area contributed by atoms with Gasteiger partial charge in [-0.15, -0.1) is 0 Å². The number of anilines is 1. The number of fused-ring (bicyclic) bond motifs is 2. The Morgan fingerprint density at radius 1 is 1.33 bits per heavy atom. The van der Waals surface area contributed by atoms with Crippen molar-refractivity contribution in [3.05, 3.63) is 24.4 Å². The van der Waals surface area contributed by atoms with Gasteiger partial charge in [0.1, 0.15) is 5.82 Å². The third-order valence-electron chi connectivity index (χ3n) is 3.74. The largest absolute Gasteiger partial charge is 0.454 e. The van der Waals surface area contributed by atoms with Crippen LogP contribution in [-0.2, 0) is 0 Å². The van der Waals surface area contributed by atoms with Crippen molar-refractivity contribution in [3.8, 4) is 11.5 Å². The molecule has 1 atom stereocenters. The summed E-state index contributed by atoms with van der Waals surface area (Å²) in [7, 11) is 4.06. The molecule has 1 aliphatic heterocycles. The zero-order chi connectivity index (χ0) is 14.8. The van der Waals surface area contributed by atoms with Gasteiger partial charge in [-0.1, -0.05) is 6.92 Å². The van der Waals surface area contributed by atoms with Crippen LogP contribution in [0.15, 0.2) is 24.4 Å². The zero-order valence-corrected chi connectivity index (χ0v) is 12.7. The van der Waals surface area contributed by atoms with Gasteiger partial charge in [-0.2, -0.15) is 0 Å². The number of aromatic nitrogens is 1. The molecule has 112 valence electrons. The Bertz CT molecular complexity index is 645. The van der Waals surface area contributed by atoms with Crippen molar-refractivity contribution < 1.29 is 9.47 Å². The molecule has 0 saturated heterocycles. The Morgan fingerprint density at radius 2 is 2.10 bits per heavy atom. The lowest BCUT2D eigenvalue weighted by molar-refractivity contribution is 0.174. The summed E-state index contributed by atoms with van der Waals surface area (Å²) in [6, 6.07) is 6.05. The summed E-state index contributed by atoms with van der Waals surface area (Å²) in [5, 5.41) is 5.43. The molecule has 3 rings (SSSR count). The van der Waals surface area contributed by atoms with E-state index in [0.717, 1.165) is 41.2 Å². The first kappa shape index (κ1) is 13.9. The van der Waals surface area contributed by atoms with Crippen LogP contribution in [-0.4, -0.2) is 39.0 Å². The molecule has 1 aromatic carbocycles. The van der Waals surface area contributed by atoms with E-state index < -0.39 is 0 Å².